The van der Waals surface area contributed by atoms with Crippen molar-refractivity contribution in [1.82, 2.24) is 5.32 Å². The molecule has 1 heteroatoms. The van der Waals surface area contributed by atoms with E-state index in [1.807, 2.05) is 13.1 Å². The van der Waals surface area contributed by atoms with Gasteiger partial charge in [0.05, 0.1) is 0 Å². The Bertz CT molecular complexity index is 84.9. The zero-order valence-electron chi connectivity index (χ0n) is 7.60. The van der Waals surface area contributed by atoms with Crippen LogP contribution in [0.25, 0.3) is 0 Å². The van der Waals surface area contributed by atoms with Gasteiger partial charge in [0, 0.05) is 6.04 Å². The Morgan fingerprint density at radius 2 is 2.18 bits per heavy atom. The first-order chi connectivity index (χ1) is 5.35. The van der Waals surface area contributed by atoms with Gasteiger partial charge in [0.1, 0.15) is 0 Å². The van der Waals surface area contributed by atoms with Crippen LogP contribution in [0, 0.1) is 6.92 Å². The van der Waals surface area contributed by atoms with Crippen LogP contribution in [-0.2, 0) is 0 Å². The highest BCUT2D eigenvalue weighted by molar-refractivity contribution is 4.69. The number of hydrogen-bond donors (Lipinski definition) is 1. The van der Waals surface area contributed by atoms with Crippen molar-refractivity contribution < 1.29 is 0 Å². The van der Waals surface area contributed by atoms with Gasteiger partial charge in [0.15, 0.2) is 0 Å². The van der Waals surface area contributed by atoms with Gasteiger partial charge < -0.3 is 5.32 Å². The van der Waals surface area contributed by atoms with Gasteiger partial charge in [0.2, 0.25) is 0 Å². The maximum Gasteiger partial charge on any atom is 0.00640 e. The van der Waals surface area contributed by atoms with E-state index < -0.39 is 0 Å². The van der Waals surface area contributed by atoms with E-state index in [1.165, 1.54) is 19.3 Å². The zero-order chi connectivity index (χ0) is 8.53. The first kappa shape index (κ1) is 10.7. The fourth-order valence-electron chi connectivity index (χ4n) is 1.11. The van der Waals surface area contributed by atoms with Crippen LogP contribution in [0.5, 0.6) is 0 Å². The van der Waals surface area contributed by atoms with E-state index in [0.717, 1.165) is 12.8 Å². The Labute approximate surface area is 70.9 Å². The first-order valence-electron chi connectivity index (χ1n) is 4.42. The summed E-state index contributed by atoms with van der Waals surface area (Å²) in [5.41, 5.74) is 0. The number of allylic oxidation sites excluding steroid dienone is 1. The minimum Gasteiger partial charge on any atom is -0.317 e. The molecule has 65 valence electrons. The molecule has 0 rings (SSSR count). The number of rotatable bonds is 7. The van der Waals surface area contributed by atoms with Crippen LogP contribution >= 0.6 is 0 Å². The van der Waals surface area contributed by atoms with Crippen LogP contribution in [0.3, 0.4) is 0 Å². The van der Waals surface area contributed by atoms with Crippen LogP contribution in [0.15, 0.2) is 12.7 Å². The number of hydrogen-bond acceptors (Lipinski definition) is 1. The Hall–Kier alpha value is -0.300. The third-order valence-electron chi connectivity index (χ3n) is 1.97. The second kappa shape index (κ2) is 7.80. The highest BCUT2D eigenvalue weighted by Gasteiger charge is 2.00. The van der Waals surface area contributed by atoms with Crippen LogP contribution in [0.1, 0.15) is 32.1 Å². The molecular formula is C10H20N. The molecule has 11 heavy (non-hydrogen) atoms. The SMILES string of the molecule is [CH2]CC(CCCCC=C)NC. The summed E-state index contributed by atoms with van der Waals surface area (Å²) in [6.45, 7) is 7.56. The predicted molar refractivity (Wildman–Crippen MR) is 51.5 cm³/mol. The number of nitrogens with one attached hydrogen (secondary N) is 1. The molecule has 0 aromatic heterocycles. The Kier molecular flexibility index (Phi) is 7.59. The molecule has 0 bridgehead atoms. The lowest BCUT2D eigenvalue weighted by atomic mass is 10.1. The van der Waals surface area contributed by atoms with E-state index in [0.29, 0.717) is 6.04 Å². The molecule has 1 nitrogen and oxygen atoms in total. The van der Waals surface area contributed by atoms with E-state index in [4.69, 9.17) is 0 Å². The highest BCUT2D eigenvalue weighted by Crippen LogP contribution is 2.05. The Balaban J connectivity index is 3.13. The van der Waals surface area contributed by atoms with E-state index >= 15 is 0 Å². The smallest absolute Gasteiger partial charge is 0.00640 e. The molecule has 1 radical (unpaired) electrons. The monoisotopic (exact) mass is 154 g/mol. The first-order valence-corrected chi connectivity index (χ1v) is 4.42. The third-order valence-corrected chi connectivity index (χ3v) is 1.97. The van der Waals surface area contributed by atoms with Gasteiger partial charge in [-0.3, -0.25) is 0 Å². The average Bonchev–Trinajstić information content (AvgIpc) is 2.05. The van der Waals surface area contributed by atoms with Crippen molar-refractivity contribution in [2.75, 3.05) is 7.05 Å². The molecule has 0 amide bonds. The molecule has 0 heterocycles. The summed E-state index contributed by atoms with van der Waals surface area (Å²) in [5, 5.41) is 3.24. The normalized spacial score (nSPS) is 12.9. The molecule has 0 aromatic rings. The second-order valence-corrected chi connectivity index (χ2v) is 2.85. The predicted octanol–water partition coefficient (Wildman–Crippen LogP) is 2.54. The van der Waals surface area contributed by atoms with Crippen molar-refractivity contribution in [1.29, 1.82) is 0 Å². The lowest BCUT2D eigenvalue weighted by Gasteiger charge is -2.12. The van der Waals surface area contributed by atoms with Gasteiger partial charge in [0.25, 0.3) is 0 Å². The largest absolute Gasteiger partial charge is 0.317 e. The summed E-state index contributed by atoms with van der Waals surface area (Å²) < 4.78 is 0. The van der Waals surface area contributed by atoms with Gasteiger partial charge in [-0.1, -0.05) is 19.4 Å². The van der Waals surface area contributed by atoms with E-state index in [-0.39, 0.29) is 0 Å². The van der Waals surface area contributed by atoms with Crippen LogP contribution in [0.2, 0.25) is 0 Å². The Morgan fingerprint density at radius 1 is 1.45 bits per heavy atom. The molecule has 0 saturated carbocycles. The van der Waals surface area contributed by atoms with E-state index in [9.17, 15) is 0 Å². The second-order valence-electron chi connectivity index (χ2n) is 2.85. The van der Waals surface area contributed by atoms with Crippen LogP contribution < -0.4 is 5.32 Å². The summed E-state index contributed by atoms with van der Waals surface area (Å²) >= 11 is 0. The molecule has 1 unspecified atom stereocenters. The Morgan fingerprint density at radius 3 is 2.64 bits per heavy atom. The topological polar surface area (TPSA) is 12.0 Å². The lowest BCUT2D eigenvalue weighted by Crippen LogP contribution is -2.23. The maximum absolute atomic E-state index is 3.87. The molecule has 0 saturated heterocycles. The van der Waals surface area contributed by atoms with Crippen molar-refractivity contribution in [3.8, 4) is 0 Å². The molecule has 1 N–H and O–H groups in total. The lowest BCUT2D eigenvalue weighted by molar-refractivity contribution is 0.499. The minimum atomic E-state index is 0.611. The van der Waals surface area contributed by atoms with Crippen LogP contribution in [-0.4, -0.2) is 13.1 Å². The standard InChI is InChI=1S/C10H20N/c1-4-6-7-8-9-10(5-2)11-3/h4,10-11H,1-2,5-9H2,3H3. The zero-order valence-corrected chi connectivity index (χ0v) is 7.60. The quantitative estimate of drug-likeness (QED) is 0.439. The van der Waals surface area contributed by atoms with E-state index in [1.54, 1.807) is 0 Å². The van der Waals surface area contributed by atoms with Crippen molar-refractivity contribution in [2.24, 2.45) is 0 Å². The molecule has 0 aliphatic rings. The van der Waals surface area contributed by atoms with Gasteiger partial charge >= 0.3 is 0 Å². The van der Waals surface area contributed by atoms with Crippen molar-refractivity contribution >= 4 is 0 Å². The average molecular weight is 154 g/mol. The van der Waals surface area contributed by atoms with Crippen molar-refractivity contribution in [3.63, 3.8) is 0 Å². The molecule has 1 atom stereocenters. The van der Waals surface area contributed by atoms with Crippen molar-refractivity contribution in [2.45, 2.75) is 38.1 Å². The van der Waals surface area contributed by atoms with Gasteiger partial charge in [-0.2, -0.15) is 0 Å². The van der Waals surface area contributed by atoms with Gasteiger partial charge in [-0.15, -0.1) is 6.58 Å². The summed E-state index contributed by atoms with van der Waals surface area (Å²) in [6, 6.07) is 0.611. The molecule has 0 spiro atoms. The van der Waals surface area contributed by atoms with Gasteiger partial charge in [-0.05, 0) is 32.7 Å². The number of unbranched alkanes of at least 4 members (excludes halogenated alkanes) is 2. The van der Waals surface area contributed by atoms with Gasteiger partial charge in [-0.25, -0.2) is 0 Å². The summed E-state index contributed by atoms with van der Waals surface area (Å²) in [5.74, 6) is 0. The maximum atomic E-state index is 3.87. The third kappa shape index (κ3) is 6.11. The summed E-state index contributed by atoms with van der Waals surface area (Å²) in [6.07, 6.45) is 7.92. The molecule has 0 aromatic carbocycles. The highest BCUT2D eigenvalue weighted by atomic mass is 14.9. The molecular weight excluding hydrogens is 134 g/mol. The molecule has 0 aliphatic heterocycles. The van der Waals surface area contributed by atoms with Crippen LogP contribution in [0.4, 0.5) is 0 Å². The summed E-state index contributed by atoms with van der Waals surface area (Å²) in [7, 11) is 2.00. The fourth-order valence-corrected chi connectivity index (χ4v) is 1.11. The summed E-state index contributed by atoms with van der Waals surface area (Å²) in [4.78, 5) is 0. The molecule has 0 fully saturated rings. The van der Waals surface area contributed by atoms with Crippen molar-refractivity contribution in [3.05, 3.63) is 19.6 Å². The minimum absolute atomic E-state index is 0.611. The van der Waals surface area contributed by atoms with E-state index in [2.05, 4.69) is 18.8 Å². The molecule has 0 aliphatic carbocycles. The fraction of sp³-hybridized carbons (Fsp3) is 0.700.